The average molecular weight is 395 g/mol. The Labute approximate surface area is 154 Å². The second kappa shape index (κ2) is 6.89. The molecule has 1 aliphatic heterocycles. The Hall–Kier alpha value is -2.33. The summed E-state index contributed by atoms with van der Waals surface area (Å²) in [5.74, 6) is -0.170. The maximum Gasteiger partial charge on any atom is 0.125 e. The van der Waals surface area contributed by atoms with Gasteiger partial charge in [-0.05, 0) is 57.7 Å². The van der Waals surface area contributed by atoms with E-state index in [2.05, 4.69) is 33.0 Å². The molecular weight excluding hydrogens is 379 g/mol. The van der Waals surface area contributed by atoms with Crippen LogP contribution in [0.4, 0.5) is 10.1 Å². The highest BCUT2D eigenvalue weighted by Crippen LogP contribution is 2.34. The van der Waals surface area contributed by atoms with Crippen molar-refractivity contribution >= 4 is 27.3 Å². The largest absolute Gasteiger partial charge is 0.259 e. The minimum absolute atomic E-state index is 0.0750. The van der Waals surface area contributed by atoms with Crippen LogP contribution in [0.2, 0.25) is 0 Å². The second-order valence-electron chi connectivity index (χ2n) is 6.20. The number of aliphatic imine (C=N–C) groups is 1. The van der Waals surface area contributed by atoms with Crippen LogP contribution < -0.4 is 0 Å². The molecule has 1 aliphatic rings. The van der Waals surface area contributed by atoms with Gasteiger partial charge in [0.15, 0.2) is 0 Å². The molecule has 4 rings (SSSR count). The van der Waals surface area contributed by atoms with Crippen LogP contribution in [0, 0.1) is 5.82 Å². The maximum absolute atomic E-state index is 13.5. The molecule has 124 valence electrons. The van der Waals surface area contributed by atoms with Gasteiger partial charge in [-0.25, -0.2) is 4.39 Å². The molecule has 2 aromatic carbocycles. The molecule has 1 aromatic heterocycles. The zero-order valence-electron chi connectivity index (χ0n) is 13.5. The van der Waals surface area contributed by atoms with Crippen molar-refractivity contribution in [3.05, 3.63) is 94.0 Å². The Morgan fingerprint density at radius 1 is 1.04 bits per heavy atom. The number of benzene rings is 2. The molecule has 0 radical (unpaired) electrons. The average Bonchev–Trinajstić information content (AvgIpc) is 3.04. The third kappa shape index (κ3) is 3.54. The van der Waals surface area contributed by atoms with E-state index in [1.54, 1.807) is 0 Å². The summed E-state index contributed by atoms with van der Waals surface area (Å²) in [5.41, 5.74) is 5.08. The number of hydrogen-bond acceptors (Lipinski definition) is 2. The van der Waals surface area contributed by atoms with Crippen molar-refractivity contribution < 1.29 is 4.39 Å². The summed E-state index contributed by atoms with van der Waals surface area (Å²) in [7, 11) is 0. The van der Waals surface area contributed by atoms with E-state index >= 15 is 0 Å². The van der Waals surface area contributed by atoms with Gasteiger partial charge in [0.2, 0.25) is 0 Å². The predicted octanol–water partition coefficient (Wildman–Crippen LogP) is 5.64. The Kier molecular flexibility index (Phi) is 4.45. The minimum Gasteiger partial charge on any atom is -0.259 e. The van der Waals surface area contributed by atoms with E-state index in [-0.39, 0.29) is 11.7 Å². The normalized spacial score (nSPS) is 14.1. The molecule has 4 heteroatoms. The van der Waals surface area contributed by atoms with Gasteiger partial charge in [-0.3, -0.25) is 9.98 Å². The monoisotopic (exact) mass is 394 g/mol. The number of halogens is 2. The van der Waals surface area contributed by atoms with Crippen LogP contribution in [0.15, 0.2) is 76.3 Å². The van der Waals surface area contributed by atoms with Crippen molar-refractivity contribution in [3.8, 4) is 0 Å². The van der Waals surface area contributed by atoms with E-state index in [0.717, 1.165) is 40.0 Å². The molecule has 0 aliphatic carbocycles. The summed E-state index contributed by atoms with van der Waals surface area (Å²) in [6.07, 6.45) is 3.38. The smallest absolute Gasteiger partial charge is 0.125 e. The highest BCUT2D eigenvalue weighted by molar-refractivity contribution is 9.10. The summed E-state index contributed by atoms with van der Waals surface area (Å²) >= 11 is 3.44. The predicted molar refractivity (Wildman–Crippen MR) is 102 cm³/mol. The fourth-order valence-electron chi connectivity index (χ4n) is 3.22. The number of nitrogens with zero attached hydrogens (tertiary/aromatic N) is 2. The molecule has 0 saturated carbocycles. The topological polar surface area (TPSA) is 25.2 Å². The first-order chi connectivity index (χ1) is 12.2. The molecule has 0 bridgehead atoms. The van der Waals surface area contributed by atoms with E-state index < -0.39 is 0 Å². The third-order valence-electron chi connectivity index (χ3n) is 4.48. The lowest BCUT2D eigenvalue weighted by Gasteiger charge is -2.17. The molecule has 25 heavy (non-hydrogen) atoms. The van der Waals surface area contributed by atoms with Crippen molar-refractivity contribution in [1.82, 2.24) is 4.98 Å². The van der Waals surface area contributed by atoms with Gasteiger partial charge in [0.25, 0.3) is 0 Å². The van der Waals surface area contributed by atoms with Gasteiger partial charge < -0.3 is 0 Å². The summed E-state index contributed by atoms with van der Waals surface area (Å²) in [5, 5.41) is 0. The minimum atomic E-state index is -0.245. The maximum atomic E-state index is 13.5. The highest BCUT2D eigenvalue weighted by Gasteiger charge is 2.25. The van der Waals surface area contributed by atoms with Crippen molar-refractivity contribution in [1.29, 1.82) is 0 Å². The van der Waals surface area contributed by atoms with Gasteiger partial charge in [-0.15, -0.1) is 0 Å². The highest BCUT2D eigenvalue weighted by atomic mass is 79.9. The van der Waals surface area contributed by atoms with E-state index in [1.807, 2.05) is 42.6 Å². The standard InChI is InChI=1S/C21H16BrFN2/c22-16-7-9-19(24-13-16)18(10-14-4-2-1-3-5-14)21-11-15-6-8-17(23)12-20(15)25-21/h1-9,12-13,18H,10-11H2. The molecule has 2 nitrogen and oxygen atoms in total. The van der Waals surface area contributed by atoms with E-state index in [1.165, 1.54) is 17.7 Å². The zero-order chi connectivity index (χ0) is 17.2. The van der Waals surface area contributed by atoms with Crippen LogP contribution in [0.25, 0.3) is 0 Å². The number of hydrogen-bond donors (Lipinski definition) is 0. The van der Waals surface area contributed by atoms with Crippen LogP contribution in [0.5, 0.6) is 0 Å². The molecule has 1 atom stereocenters. The van der Waals surface area contributed by atoms with Crippen molar-refractivity contribution in [2.24, 2.45) is 4.99 Å². The molecular formula is C21H16BrFN2. The van der Waals surface area contributed by atoms with E-state index in [4.69, 9.17) is 4.99 Å². The number of pyridine rings is 1. The summed E-state index contributed by atoms with van der Waals surface area (Å²) in [4.78, 5) is 9.33. The van der Waals surface area contributed by atoms with Crippen LogP contribution >= 0.6 is 15.9 Å². The van der Waals surface area contributed by atoms with Gasteiger partial charge in [0, 0.05) is 34.4 Å². The van der Waals surface area contributed by atoms with Crippen LogP contribution in [0.1, 0.15) is 22.7 Å². The summed E-state index contributed by atoms with van der Waals surface area (Å²) in [6, 6.07) is 19.2. The number of rotatable bonds is 4. The fraction of sp³-hybridized carbons (Fsp3) is 0.143. The molecule has 0 N–H and O–H groups in total. The second-order valence-corrected chi connectivity index (χ2v) is 7.11. The lowest BCUT2D eigenvalue weighted by Crippen LogP contribution is -2.17. The lowest BCUT2D eigenvalue weighted by atomic mass is 9.89. The first-order valence-corrected chi connectivity index (χ1v) is 8.99. The Bertz CT molecular complexity index is 920. The quantitative estimate of drug-likeness (QED) is 0.562. The van der Waals surface area contributed by atoms with Crippen LogP contribution in [-0.4, -0.2) is 10.7 Å². The summed E-state index contributed by atoms with van der Waals surface area (Å²) < 4.78 is 14.5. The summed E-state index contributed by atoms with van der Waals surface area (Å²) in [6.45, 7) is 0. The van der Waals surface area contributed by atoms with Gasteiger partial charge >= 0.3 is 0 Å². The third-order valence-corrected chi connectivity index (χ3v) is 4.94. The number of fused-ring (bicyclic) bond motifs is 1. The Morgan fingerprint density at radius 3 is 2.64 bits per heavy atom. The first-order valence-electron chi connectivity index (χ1n) is 8.20. The molecule has 2 heterocycles. The van der Waals surface area contributed by atoms with Gasteiger partial charge in [0.1, 0.15) is 5.82 Å². The molecule has 0 spiro atoms. The van der Waals surface area contributed by atoms with Crippen molar-refractivity contribution in [2.75, 3.05) is 0 Å². The number of aromatic nitrogens is 1. The van der Waals surface area contributed by atoms with E-state index in [0.29, 0.717) is 0 Å². The van der Waals surface area contributed by atoms with Gasteiger partial charge in [-0.1, -0.05) is 36.4 Å². The molecule has 3 aromatic rings. The molecule has 1 unspecified atom stereocenters. The van der Waals surface area contributed by atoms with Crippen molar-refractivity contribution in [3.63, 3.8) is 0 Å². The fourth-order valence-corrected chi connectivity index (χ4v) is 3.45. The Balaban J connectivity index is 1.71. The first kappa shape index (κ1) is 16.2. The van der Waals surface area contributed by atoms with Gasteiger partial charge in [0.05, 0.1) is 5.69 Å². The zero-order valence-corrected chi connectivity index (χ0v) is 15.1. The molecule has 0 saturated heterocycles. The van der Waals surface area contributed by atoms with E-state index in [9.17, 15) is 4.39 Å². The lowest BCUT2D eigenvalue weighted by molar-refractivity contribution is 0.628. The molecule has 0 fully saturated rings. The molecule has 0 amide bonds. The van der Waals surface area contributed by atoms with Crippen LogP contribution in [-0.2, 0) is 12.8 Å². The SMILES string of the molecule is Fc1ccc2c(c1)N=C(C(Cc1ccccc1)c1ccc(Br)cn1)C2. The van der Waals surface area contributed by atoms with Crippen LogP contribution in [0.3, 0.4) is 0 Å². The van der Waals surface area contributed by atoms with Crippen molar-refractivity contribution in [2.45, 2.75) is 18.8 Å². The van der Waals surface area contributed by atoms with Gasteiger partial charge in [-0.2, -0.15) is 0 Å². The Morgan fingerprint density at radius 2 is 1.88 bits per heavy atom.